The summed E-state index contributed by atoms with van der Waals surface area (Å²) in [6, 6.07) is 10.4. The summed E-state index contributed by atoms with van der Waals surface area (Å²) in [5, 5.41) is 12.1. The molecule has 0 fully saturated rings. The van der Waals surface area contributed by atoms with Crippen LogP contribution in [0.5, 0.6) is 0 Å². The Kier molecular flexibility index (Phi) is 4.56. The van der Waals surface area contributed by atoms with E-state index >= 15 is 0 Å². The zero-order chi connectivity index (χ0) is 19.0. The second-order valence-electron chi connectivity index (χ2n) is 7.26. The Morgan fingerprint density at radius 3 is 2.85 bits per heavy atom. The first kappa shape index (κ1) is 17.5. The molecule has 0 spiro atoms. The Hall–Kier alpha value is -2.89. The van der Waals surface area contributed by atoms with E-state index in [-0.39, 0.29) is 11.8 Å². The van der Waals surface area contributed by atoms with E-state index in [0.29, 0.717) is 6.42 Å². The molecule has 1 N–H and O–H groups in total. The highest BCUT2D eigenvalue weighted by Gasteiger charge is 2.30. The van der Waals surface area contributed by atoms with E-state index in [9.17, 15) is 4.79 Å². The molecule has 6 nitrogen and oxygen atoms in total. The lowest BCUT2D eigenvalue weighted by Gasteiger charge is -2.24. The van der Waals surface area contributed by atoms with Crippen LogP contribution in [0.15, 0.2) is 36.5 Å². The van der Waals surface area contributed by atoms with Gasteiger partial charge in [0.25, 0.3) is 0 Å². The summed E-state index contributed by atoms with van der Waals surface area (Å²) in [5.41, 5.74) is 5.32. The highest BCUT2D eigenvalue weighted by molar-refractivity contribution is 5.94. The SMILES string of the molecule is CCCCn1ncc2c1NC(=O)CC2c1cccc(-n2nc(C)cc2C)c1. The zero-order valence-corrected chi connectivity index (χ0v) is 16.1. The van der Waals surface area contributed by atoms with Crippen LogP contribution in [-0.2, 0) is 11.3 Å². The van der Waals surface area contributed by atoms with E-state index in [1.165, 1.54) is 0 Å². The molecular weight excluding hydrogens is 338 g/mol. The molecule has 4 rings (SSSR count). The largest absolute Gasteiger partial charge is 0.311 e. The Morgan fingerprint density at radius 1 is 1.26 bits per heavy atom. The molecule has 1 amide bonds. The van der Waals surface area contributed by atoms with Crippen molar-refractivity contribution in [2.24, 2.45) is 0 Å². The van der Waals surface area contributed by atoms with Crippen molar-refractivity contribution in [2.75, 3.05) is 5.32 Å². The van der Waals surface area contributed by atoms with E-state index in [1.807, 2.05) is 28.6 Å². The smallest absolute Gasteiger partial charge is 0.226 e. The van der Waals surface area contributed by atoms with Crippen LogP contribution in [-0.4, -0.2) is 25.5 Å². The summed E-state index contributed by atoms with van der Waals surface area (Å²) in [7, 11) is 0. The average Bonchev–Trinajstić information content (AvgIpc) is 3.21. The molecule has 0 radical (unpaired) electrons. The van der Waals surface area contributed by atoms with Crippen LogP contribution in [0, 0.1) is 13.8 Å². The number of aromatic nitrogens is 4. The van der Waals surface area contributed by atoms with Gasteiger partial charge in [-0.05, 0) is 44.0 Å². The zero-order valence-electron chi connectivity index (χ0n) is 16.1. The minimum Gasteiger partial charge on any atom is -0.311 e. The van der Waals surface area contributed by atoms with Crippen molar-refractivity contribution in [3.05, 3.63) is 59.0 Å². The number of nitrogens with one attached hydrogen (secondary N) is 1. The van der Waals surface area contributed by atoms with Crippen molar-refractivity contribution >= 4 is 11.7 Å². The summed E-state index contributed by atoms with van der Waals surface area (Å²) in [6.07, 6.45) is 4.48. The van der Waals surface area contributed by atoms with E-state index in [0.717, 1.165) is 53.4 Å². The quantitative estimate of drug-likeness (QED) is 0.746. The van der Waals surface area contributed by atoms with Crippen LogP contribution in [0.3, 0.4) is 0 Å². The molecular formula is C21H25N5O. The highest BCUT2D eigenvalue weighted by Crippen LogP contribution is 2.37. The van der Waals surface area contributed by atoms with Gasteiger partial charge in [0.1, 0.15) is 5.82 Å². The van der Waals surface area contributed by atoms with Gasteiger partial charge >= 0.3 is 0 Å². The molecule has 1 atom stereocenters. The second kappa shape index (κ2) is 7.02. The summed E-state index contributed by atoms with van der Waals surface area (Å²) < 4.78 is 3.88. The lowest BCUT2D eigenvalue weighted by atomic mass is 9.87. The molecule has 3 aromatic rings. The predicted octanol–water partition coefficient (Wildman–Crippen LogP) is 3.96. The molecule has 1 aliphatic rings. The highest BCUT2D eigenvalue weighted by atomic mass is 16.1. The van der Waals surface area contributed by atoms with Gasteiger partial charge in [-0.2, -0.15) is 10.2 Å². The monoisotopic (exact) mass is 363 g/mol. The van der Waals surface area contributed by atoms with Gasteiger partial charge < -0.3 is 5.32 Å². The number of benzene rings is 1. The van der Waals surface area contributed by atoms with Crippen LogP contribution in [0.25, 0.3) is 5.69 Å². The lowest BCUT2D eigenvalue weighted by molar-refractivity contribution is -0.116. The van der Waals surface area contributed by atoms with Gasteiger partial charge in [-0.25, -0.2) is 9.36 Å². The molecule has 0 saturated carbocycles. The summed E-state index contributed by atoms with van der Waals surface area (Å²) in [6.45, 7) is 7.03. The van der Waals surface area contributed by atoms with Crippen LogP contribution in [0.1, 0.15) is 54.6 Å². The molecule has 0 saturated heterocycles. The standard InChI is InChI=1S/C21H25N5O/c1-4-5-9-25-21-19(13-22-25)18(12-20(27)23-21)16-7-6-8-17(11-16)26-15(3)10-14(2)24-26/h6-8,10-11,13,18H,4-5,9,12H2,1-3H3,(H,23,27). The molecule has 0 bridgehead atoms. The molecule has 27 heavy (non-hydrogen) atoms. The van der Waals surface area contributed by atoms with Crippen LogP contribution in [0.2, 0.25) is 0 Å². The molecule has 6 heteroatoms. The van der Waals surface area contributed by atoms with Gasteiger partial charge in [0.2, 0.25) is 5.91 Å². The van der Waals surface area contributed by atoms with Crippen LogP contribution < -0.4 is 5.32 Å². The lowest BCUT2D eigenvalue weighted by Crippen LogP contribution is -2.25. The molecule has 3 heterocycles. The Bertz CT molecular complexity index is 984. The topological polar surface area (TPSA) is 64.7 Å². The van der Waals surface area contributed by atoms with Gasteiger partial charge in [0, 0.05) is 30.1 Å². The molecule has 1 aromatic carbocycles. The van der Waals surface area contributed by atoms with Crippen molar-refractivity contribution in [1.29, 1.82) is 0 Å². The molecule has 1 aliphatic heterocycles. The van der Waals surface area contributed by atoms with E-state index < -0.39 is 0 Å². The van der Waals surface area contributed by atoms with Crippen molar-refractivity contribution in [1.82, 2.24) is 19.6 Å². The van der Waals surface area contributed by atoms with Gasteiger partial charge in [0.15, 0.2) is 0 Å². The molecule has 2 aromatic heterocycles. The van der Waals surface area contributed by atoms with Gasteiger partial charge in [-0.15, -0.1) is 0 Å². The van der Waals surface area contributed by atoms with Crippen molar-refractivity contribution in [3.63, 3.8) is 0 Å². The number of amides is 1. The summed E-state index contributed by atoms with van der Waals surface area (Å²) in [4.78, 5) is 12.4. The van der Waals surface area contributed by atoms with E-state index in [4.69, 9.17) is 0 Å². The Balaban J connectivity index is 1.72. The number of fused-ring (bicyclic) bond motifs is 1. The Morgan fingerprint density at radius 2 is 2.11 bits per heavy atom. The Labute approximate surface area is 159 Å². The minimum absolute atomic E-state index is 0.0149. The third kappa shape index (κ3) is 3.27. The first-order valence-corrected chi connectivity index (χ1v) is 9.56. The summed E-state index contributed by atoms with van der Waals surface area (Å²) >= 11 is 0. The van der Waals surface area contributed by atoms with Crippen LogP contribution in [0.4, 0.5) is 5.82 Å². The fraction of sp³-hybridized carbons (Fsp3) is 0.381. The number of hydrogen-bond acceptors (Lipinski definition) is 3. The van der Waals surface area contributed by atoms with Crippen molar-refractivity contribution in [3.8, 4) is 5.69 Å². The number of carbonyl (C=O) groups is 1. The third-order valence-electron chi connectivity index (χ3n) is 5.14. The maximum atomic E-state index is 12.4. The third-order valence-corrected chi connectivity index (χ3v) is 5.14. The fourth-order valence-electron chi connectivity index (χ4n) is 3.81. The van der Waals surface area contributed by atoms with Gasteiger partial charge in [0.05, 0.1) is 17.6 Å². The number of anilines is 1. The van der Waals surface area contributed by atoms with Crippen molar-refractivity contribution in [2.45, 2.75) is 52.5 Å². The maximum absolute atomic E-state index is 12.4. The number of nitrogens with zero attached hydrogens (tertiary/aromatic N) is 4. The first-order valence-electron chi connectivity index (χ1n) is 9.56. The predicted molar refractivity (Wildman–Crippen MR) is 105 cm³/mol. The molecule has 1 unspecified atom stereocenters. The second-order valence-corrected chi connectivity index (χ2v) is 7.26. The fourth-order valence-corrected chi connectivity index (χ4v) is 3.81. The van der Waals surface area contributed by atoms with Crippen molar-refractivity contribution < 1.29 is 4.79 Å². The van der Waals surface area contributed by atoms with E-state index in [1.54, 1.807) is 0 Å². The number of aryl methyl sites for hydroxylation is 3. The number of rotatable bonds is 5. The van der Waals surface area contributed by atoms with Crippen LogP contribution >= 0.6 is 0 Å². The number of unbranched alkanes of at least 4 members (excludes halogenated alkanes) is 1. The number of hydrogen-bond donors (Lipinski definition) is 1. The molecule has 0 aliphatic carbocycles. The normalized spacial score (nSPS) is 16.3. The van der Waals surface area contributed by atoms with Gasteiger partial charge in [-0.3, -0.25) is 4.79 Å². The maximum Gasteiger partial charge on any atom is 0.226 e. The first-order chi connectivity index (χ1) is 13.1. The number of carbonyl (C=O) groups excluding carboxylic acids is 1. The van der Waals surface area contributed by atoms with E-state index in [2.05, 4.69) is 53.6 Å². The molecule has 140 valence electrons. The van der Waals surface area contributed by atoms with Gasteiger partial charge in [-0.1, -0.05) is 25.5 Å². The minimum atomic E-state index is 0.0149. The average molecular weight is 363 g/mol. The summed E-state index contributed by atoms with van der Waals surface area (Å²) in [5.74, 6) is 0.907.